The Morgan fingerprint density at radius 3 is 2.50 bits per heavy atom. The van der Waals surface area contributed by atoms with Crippen molar-refractivity contribution in [2.75, 3.05) is 13.2 Å². The number of ether oxygens (including phenoxy) is 2. The van der Waals surface area contributed by atoms with Crippen LogP contribution in [0.1, 0.15) is 36.8 Å². The van der Waals surface area contributed by atoms with Gasteiger partial charge >= 0.3 is 12.1 Å². The highest BCUT2D eigenvalue weighted by molar-refractivity contribution is 5.87. The molecule has 0 spiro atoms. The Kier molecular flexibility index (Phi) is 6.83. The fourth-order valence-electron chi connectivity index (χ4n) is 2.37. The van der Waals surface area contributed by atoms with Crippen LogP contribution in [0.3, 0.4) is 0 Å². The summed E-state index contributed by atoms with van der Waals surface area (Å²) in [4.78, 5) is 23.8. The summed E-state index contributed by atoms with van der Waals surface area (Å²) in [7, 11) is 0. The molecule has 1 aromatic carbocycles. The predicted octanol–water partition coefficient (Wildman–Crippen LogP) is 3.41. The van der Waals surface area contributed by atoms with Gasteiger partial charge in [-0.2, -0.15) is 0 Å². The zero-order chi connectivity index (χ0) is 19.0. The first-order chi connectivity index (χ1) is 12.3. The van der Waals surface area contributed by atoms with Gasteiger partial charge in [0.2, 0.25) is 0 Å². The van der Waals surface area contributed by atoms with Gasteiger partial charge in [0.05, 0.1) is 6.54 Å². The number of esters is 1. The zero-order valence-corrected chi connectivity index (χ0v) is 15.5. The third-order valence-electron chi connectivity index (χ3n) is 3.53. The van der Waals surface area contributed by atoms with Gasteiger partial charge in [-0.3, -0.25) is 0 Å². The minimum atomic E-state index is -0.555. The first kappa shape index (κ1) is 19.6. The Morgan fingerprint density at radius 1 is 1.08 bits per heavy atom. The monoisotopic (exact) mass is 358 g/mol. The van der Waals surface area contributed by atoms with E-state index >= 15 is 0 Å². The first-order valence-electron chi connectivity index (χ1n) is 8.68. The van der Waals surface area contributed by atoms with Gasteiger partial charge in [0.15, 0.2) is 0 Å². The van der Waals surface area contributed by atoms with E-state index in [0.717, 1.165) is 6.42 Å². The number of carbonyl (C=O) groups is 2. The quantitative estimate of drug-likeness (QED) is 0.608. The smallest absolute Gasteiger partial charge is 0.407 e. The van der Waals surface area contributed by atoms with Crippen molar-refractivity contribution in [2.24, 2.45) is 0 Å². The van der Waals surface area contributed by atoms with Crippen LogP contribution in [0.5, 0.6) is 0 Å². The lowest BCUT2D eigenvalue weighted by Crippen LogP contribution is -2.34. The van der Waals surface area contributed by atoms with Gasteiger partial charge in [0.1, 0.15) is 17.9 Å². The number of amides is 1. The maximum Gasteiger partial charge on any atom is 0.407 e. The molecule has 2 aromatic rings. The van der Waals surface area contributed by atoms with Crippen LogP contribution in [-0.2, 0) is 22.4 Å². The van der Waals surface area contributed by atoms with Crippen LogP contribution in [0.4, 0.5) is 4.79 Å². The van der Waals surface area contributed by atoms with Crippen molar-refractivity contribution in [3.05, 3.63) is 59.9 Å². The van der Waals surface area contributed by atoms with Gasteiger partial charge in [-0.15, -0.1) is 0 Å². The van der Waals surface area contributed by atoms with Crippen LogP contribution >= 0.6 is 0 Å². The molecule has 0 unspecified atom stereocenters. The largest absolute Gasteiger partial charge is 0.459 e. The van der Waals surface area contributed by atoms with Crippen LogP contribution in [0, 0.1) is 0 Å². The van der Waals surface area contributed by atoms with Crippen molar-refractivity contribution in [1.29, 1.82) is 0 Å². The van der Waals surface area contributed by atoms with Crippen LogP contribution < -0.4 is 5.32 Å². The molecule has 0 aliphatic carbocycles. The molecule has 0 saturated heterocycles. The van der Waals surface area contributed by atoms with Gasteiger partial charge in [0.25, 0.3) is 0 Å². The molecule has 0 saturated carbocycles. The van der Waals surface area contributed by atoms with Crippen molar-refractivity contribution in [2.45, 2.75) is 39.3 Å². The third-order valence-corrected chi connectivity index (χ3v) is 3.53. The average molecular weight is 358 g/mol. The number of aryl methyl sites for hydroxylation is 2. The Morgan fingerprint density at radius 2 is 1.81 bits per heavy atom. The topological polar surface area (TPSA) is 69.6 Å². The van der Waals surface area contributed by atoms with E-state index in [0.29, 0.717) is 12.2 Å². The highest BCUT2D eigenvalue weighted by Crippen LogP contribution is 2.08. The number of nitrogens with one attached hydrogen (secondary N) is 1. The fraction of sp³-hybridized carbons (Fsp3) is 0.400. The molecule has 1 amide bonds. The highest BCUT2D eigenvalue weighted by Gasteiger charge is 2.16. The molecular weight excluding hydrogens is 332 g/mol. The number of alkyl carbamates (subject to hydrolysis) is 1. The molecule has 0 bridgehead atoms. The molecule has 0 aliphatic rings. The van der Waals surface area contributed by atoms with Gasteiger partial charge < -0.3 is 19.4 Å². The van der Waals surface area contributed by atoms with E-state index in [9.17, 15) is 9.59 Å². The first-order valence-corrected chi connectivity index (χ1v) is 8.68. The fourth-order valence-corrected chi connectivity index (χ4v) is 2.37. The van der Waals surface area contributed by atoms with E-state index < -0.39 is 17.7 Å². The second-order valence-electron chi connectivity index (χ2n) is 6.89. The molecule has 26 heavy (non-hydrogen) atoms. The van der Waals surface area contributed by atoms with E-state index in [1.165, 1.54) is 5.56 Å². The van der Waals surface area contributed by atoms with Crippen LogP contribution in [0.2, 0.25) is 0 Å². The highest BCUT2D eigenvalue weighted by atomic mass is 16.6. The van der Waals surface area contributed by atoms with Crippen molar-refractivity contribution < 1.29 is 19.1 Å². The summed E-state index contributed by atoms with van der Waals surface area (Å²) in [5.74, 6) is -0.408. The molecule has 0 fully saturated rings. The second kappa shape index (κ2) is 9.08. The summed E-state index contributed by atoms with van der Waals surface area (Å²) >= 11 is 0. The minimum Gasteiger partial charge on any atom is -0.459 e. The molecule has 6 nitrogen and oxygen atoms in total. The van der Waals surface area contributed by atoms with Crippen LogP contribution in [0.25, 0.3) is 0 Å². The Hall–Kier alpha value is -2.76. The minimum absolute atomic E-state index is 0.0853. The normalized spacial score (nSPS) is 11.0. The van der Waals surface area contributed by atoms with Crippen molar-refractivity contribution in [1.82, 2.24) is 9.88 Å². The lowest BCUT2D eigenvalue weighted by atomic mass is 10.1. The summed E-state index contributed by atoms with van der Waals surface area (Å²) in [6, 6.07) is 13.6. The summed E-state index contributed by atoms with van der Waals surface area (Å²) < 4.78 is 12.2. The molecule has 1 N–H and O–H groups in total. The van der Waals surface area contributed by atoms with Crippen molar-refractivity contribution in [3.63, 3.8) is 0 Å². The second-order valence-corrected chi connectivity index (χ2v) is 6.89. The lowest BCUT2D eigenvalue weighted by molar-refractivity contribution is 0.0427. The molecule has 0 atom stereocenters. The van der Waals surface area contributed by atoms with Gasteiger partial charge in [-0.05, 0) is 44.9 Å². The Balaban J connectivity index is 1.76. The molecule has 140 valence electrons. The van der Waals surface area contributed by atoms with Crippen LogP contribution in [-0.4, -0.2) is 35.4 Å². The zero-order valence-electron chi connectivity index (χ0n) is 15.5. The van der Waals surface area contributed by atoms with Gasteiger partial charge in [0, 0.05) is 12.7 Å². The van der Waals surface area contributed by atoms with E-state index in [-0.39, 0.29) is 13.2 Å². The number of nitrogens with zero attached hydrogens (tertiary/aromatic N) is 1. The van der Waals surface area contributed by atoms with Gasteiger partial charge in [-0.25, -0.2) is 9.59 Å². The number of benzene rings is 1. The molecule has 6 heteroatoms. The van der Waals surface area contributed by atoms with Gasteiger partial charge in [-0.1, -0.05) is 30.3 Å². The lowest BCUT2D eigenvalue weighted by Gasteiger charge is -2.19. The molecule has 0 radical (unpaired) electrons. The molecule has 1 heterocycles. The maximum absolute atomic E-state index is 12.2. The Bertz CT molecular complexity index is 717. The van der Waals surface area contributed by atoms with E-state index in [1.807, 2.05) is 35.0 Å². The number of rotatable bonds is 7. The van der Waals surface area contributed by atoms with Crippen LogP contribution in [0.15, 0.2) is 48.7 Å². The summed E-state index contributed by atoms with van der Waals surface area (Å²) in [6.45, 7) is 6.34. The number of carbonyl (C=O) groups excluding carboxylic acids is 2. The van der Waals surface area contributed by atoms with Crippen molar-refractivity contribution in [3.8, 4) is 0 Å². The molecular formula is C20H26N2O4. The summed E-state index contributed by atoms with van der Waals surface area (Å²) in [6.07, 6.45) is 2.16. The molecule has 0 aliphatic heterocycles. The standard InChI is InChI=1S/C20H26N2O4/c1-20(2,3)26-19(24)21-12-15-25-18(23)17-10-7-13-22(17)14-11-16-8-5-4-6-9-16/h4-10,13H,11-12,14-15H2,1-3H3,(H,21,24). The average Bonchev–Trinajstić information content (AvgIpc) is 3.05. The van der Waals surface area contributed by atoms with Crippen molar-refractivity contribution >= 4 is 12.1 Å². The van der Waals surface area contributed by atoms with E-state index in [4.69, 9.17) is 9.47 Å². The number of aromatic nitrogens is 1. The van der Waals surface area contributed by atoms with E-state index in [2.05, 4.69) is 17.4 Å². The Labute approximate surface area is 154 Å². The maximum atomic E-state index is 12.2. The number of hydrogen-bond acceptors (Lipinski definition) is 4. The SMILES string of the molecule is CC(C)(C)OC(=O)NCCOC(=O)c1cccn1CCc1ccccc1. The summed E-state index contributed by atoms with van der Waals surface area (Å²) in [5, 5.41) is 2.56. The number of hydrogen-bond donors (Lipinski definition) is 1. The third kappa shape index (κ3) is 6.63. The predicted molar refractivity (Wildman–Crippen MR) is 99.1 cm³/mol. The molecule has 1 aromatic heterocycles. The van der Waals surface area contributed by atoms with E-state index in [1.54, 1.807) is 26.8 Å². The molecule has 2 rings (SSSR count). The summed E-state index contributed by atoms with van der Waals surface area (Å²) in [5.41, 5.74) is 1.15.